The van der Waals surface area contributed by atoms with Gasteiger partial charge in [0, 0.05) is 26.2 Å². The van der Waals surface area contributed by atoms with Gasteiger partial charge in [0.15, 0.2) is 0 Å². The number of rotatable bonds is 10. The highest BCUT2D eigenvalue weighted by Crippen LogP contribution is 2.07. The molecule has 2 rings (SSSR count). The van der Waals surface area contributed by atoms with Gasteiger partial charge in [0.25, 0.3) is 0 Å². The van der Waals surface area contributed by atoms with Gasteiger partial charge >= 0.3 is 0 Å². The first-order valence-electron chi connectivity index (χ1n) is 9.31. The number of likely N-dealkylation sites (tertiary alicyclic amines) is 2. The summed E-state index contributed by atoms with van der Waals surface area (Å²) in [5, 5.41) is 7.16. The monoisotopic (exact) mass is 296 g/mol. The smallest absolute Gasteiger partial charge is 0.0107 e. The molecule has 0 aromatic carbocycles. The van der Waals surface area contributed by atoms with Crippen molar-refractivity contribution in [1.29, 1.82) is 0 Å². The molecule has 124 valence electrons. The normalized spacial score (nSPS) is 21.7. The highest BCUT2D eigenvalue weighted by atomic mass is 15.1. The van der Waals surface area contributed by atoms with Crippen LogP contribution < -0.4 is 10.6 Å². The number of nitrogens with zero attached hydrogens (tertiary/aromatic N) is 2. The van der Waals surface area contributed by atoms with Crippen LogP contribution in [-0.4, -0.2) is 75.2 Å². The molecule has 0 bridgehead atoms. The third-order valence-electron chi connectivity index (χ3n) is 4.81. The lowest BCUT2D eigenvalue weighted by molar-refractivity contribution is 0.227. The van der Waals surface area contributed by atoms with Gasteiger partial charge in [-0.05, 0) is 71.4 Å². The van der Waals surface area contributed by atoms with E-state index in [1.165, 1.54) is 84.2 Å². The van der Waals surface area contributed by atoms with Gasteiger partial charge in [0.2, 0.25) is 0 Å². The molecule has 0 atom stereocenters. The van der Waals surface area contributed by atoms with Gasteiger partial charge < -0.3 is 20.4 Å². The molecule has 0 saturated carbocycles. The van der Waals surface area contributed by atoms with Gasteiger partial charge in [0.05, 0.1) is 0 Å². The summed E-state index contributed by atoms with van der Waals surface area (Å²) in [6, 6.07) is 0. The average Bonchev–Trinajstić information content (AvgIpc) is 2.55. The Bertz CT molecular complexity index is 211. The molecule has 0 amide bonds. The lowest BCUT2D eigenvalue weighted by Gasteiger charge is -2.26. The molecule has 2 N–H and O–H groups in total. The second kappa shape index (κ2) is 11.4. The molecule has 2 aliphatic heterocycles. The maximum Gasteiger partial charge on any atom is 0.0107 e. The Labute approximate surface area is 131 Å². The Morgan fingerprint density at radius 1 is 0.524 bits per heavy atom. The second-order valence-electron chi connectivity index (χ2n) is 6.66. The van der Waals surface area contributed by atoms with Crippen molar-refractivity contribution >= 4 is 0 Å². The molecule has 0 unspecified atom stereocenters. The van der Waals surface area contributed by atoms with E-state index in [9.17, 15) is 0 Å². The first-order valence-corrected chi connectivity index (χ1v) is 9.31. The van der Waals surface area contributed by atoms with E-state index in [0.29, 0.717) is 0 Å². The molecule has 2 fully saturated rings. The van der Waals surface area contributed by atoms with Crippen molar-refractivity contribution < 1.29 is 0 Å². The summed E-state index contributed by atoms with van der Waals surface area (Å²) in [6.07, 6.45) is 9.74. The minimum Gasteiger partial charge on any atom is -0.315 e. The third-order valence-corrected chi connectivity index (χ3v) is 4.81. The van der Waals surface area contributed by atoms with Crippen molar-refractivity contribution in [2.75, 3.05) is 65.4 Å². The Balaban J connectivity index is 1.30. The highest BCUT2D eigenvalue weighted by Gasteiger charge is 2.09. The largest absolute Gasteiger partial charge is 0.315 e. The van der Waals surface area contributed by atoms with E-state index in [-0.39, 0.29) is 0 Å². The third kappa shape index (κ3) is 8.15. The number of nitrogens with one attached hydrogen (secondary N) is 2. The van der Waals surface area contributed by atoms with E-state index in [2.05, 4.69) is 20.4 Å². The minimum atomic E-state index is 1.16. The summed E-state index contributed by atoms with van der Waals surface area (Å²) < 4.78 is 0. The van der Waals surface area contributed by atoms with Crippen LogP contribution in [0.4, 0.5) is 0 Å². The summed E-state index contributed by atoms with van der Waals surface area (Å²) in [7, 11) is 0. The molecule has 2 heterocycles. The van der Waals surface area contributed by atoms with Crippen molar-refractivity contribution in [2.45, 2.75) is 44.9 Å². The molecule has 2 saturated heterocycles. The fourth-order valence-electron chi connectivity index (χ4n) is 3.43. The molecular weight excluding hydrogens is 260 g/mol. The molecule has 2 aliphatic rings. The van der Waals surface area contributed by atoms with Crippen LogP contribution in [0.25, 0.3) is 0 Å². The average molecular weight is 297 g/mol. The molecule has 0 aliphatic carbocycles. The molecule has 0 radical (unpaired) electrons. The summed E-state index contributed by atoms with van der Waals surface area (Å²) in [5.74, 6) is 0. The zero-order valence-corrected chi connectivity index (χ0v) is 13.9. The molecule has 0 aromatic rings. The fraction of sp³-hybridized carbons (Fsp3) is 1.00. The van der Waals surface area contributed by atoms with E-state index in [4.69, 9.17) is 0 Å². The van der Waals surface area contributed by atoms with Crippen molar-refractivity contribution in [3.63, 3.8) is 0 Å². The topological polar surface area (TPSA) is 30.5 Å². The van der Waals surface area contributed by atoms with E-state index < -0.39 is 0 Å². The van der Waals surface area contributed by atoms with E-state index in [1.807, 2.05) is 0 Å². The van der Waals surface area contributed by atoms with Gasteiger partial charge in [-0.15, -0.1) is 0 Å². The summed E-state index contributed by atoms with van der Waals surface area (Å²) in [4.78, 5) is 5.21. The van der Waals surface area contributed by atoms with Crippen molar-refractivity contribution in [3.05, 3.63) is 0 Å². The maximum atomic E-state index is 3.58. The fourth-order valence-corrected chi connectivity index (χ4v) is 3.43. The highest BCUT2D eigenvalue weighted by molar-refractivity contribution is 4.67. The number of hydrogen-bond donors (Lipinski definition) is 2. The second-order valence-corrected chi connectivity index (χ2v) is 6.66. The van der Waals surface area contributed by atoms with Crippen LogP contribution in [0.5, 0.6) is 0 Å². The van der Waals surface area contributed by atoms with Gasteiger partial charge in [-0.1, -0.05) is 12.8 Å². The minimum absolute atomic E-state index is 1.16. The first-order chi connectivity index (χ1) is 10.4. The lowest BCUT2D eigenvalue weighted by atomic mass is 10.1. The molecule has 4 nitrogen and oxygen atoms in total. The van der Waals surface area contributed by atoms with Crippen LogP contribution in [0, 0.1) is 0 Å². The van der Waals surface area contributed by atoms with Crippen molar-refractivity contribution in [3.8, 4) is 0 Å². The summed E-state index contributed by atoms with van der Waals surface area (Å²) in [5.41, 5.74) is 0. The van der Waals surface area contributed by atoms with Crippen molar-refractivity contribution in [2.24, 2.45) is 0 Å². The summed E-state index contributed by atoms with van der Waals surface area (Å²) in [6.45, 7) is 12.4. The lowest BCUT2D eigenvalue weighted by Crippen LogP contribution is -2.37. The zero-order chi connectivity index (χ0) is 14.6. The van der Waals surface area contributed by atoms with Gasteiger partial charge in [-0.25, -0.2) is 0 Å². The molecule has 0 aromatic heterocycles. The Morgan fingerprint density at radius 3 is 1.38 bits per heavy atom. The number of hydrogen-bond acceptors (Lipinski definition) is 4. The van der Waals surface area contributed by atoms with Crippen LogP contribution in [0.3, 0.4) is 0 Å². The first kappa shape index (κ1) is 17.2. The van der Waals surface area contributed by atoms with E-state index in [0.717, 1.165) is 26.2 Å². The van der Waals surface area contributed by atoms with E-state index in [1.54, 1.807) is 0 Å². The van der Waals surface area contributed by atoms with Gasteiger partial charge in [-0.2, -0.15) is 0 Å². The quantitative estimate of drug-likeness (QED) is 0.599. The molecule has 0 spiro atoms. The SMILES string of the molecule is C1CCN(CCNCCCNCCN2CCCCC2)CC1. The Kier molecular flexibility index (Phi) is 9.35. The van der Waals surface area contributed by atoms with Crippen molar-refractivity contribution in [1.82, 2.24) is 20.4 Å². The Morgan fingerprint density at radius 2 is 0.952 bits per heavy atom. The van der Waals surface area contributed by atoms with Crippen LogP contribution in [-0.2, 0) is 0 Å². The van der Waals surface area contributed by atoms with Gasteiger partial charge in [0.1, 0.15) is 0 Å². The van der Waals surface area contributed by atoms with Crippen LogP contribution in [0.1, 0.15) is 44.9 Å². The molecule has 21 heavy (non-hydrogen) atoms. The van der Waals surface area contributed by atoms with Crippen LogP contribution >= 0.6 is 0 Å². The predicted octanol–water partition coefficient (Wildman–Crippen LogP) is 1.53. The van der Waals surface area contributed by atoms with Crippen LogP contribution in [0.15, 0.2) is 0 Å². The predicted molar refractivity (Wildman–Crippen MR) is 90.9 cm³/mol. The standard InChI is InChI=1S/C17H36N4/c1-3-12-20(13-4-1)16-10-18-8-7-9-19-11-17-21-14-5-2-6-15-21/h18-19H,1-17H2. The Hall–Kier alpha value is -0.160. The van der Waals surface area contributed by atoms with Gasteiger partial charge in [-0.3, -0.25) is 0 Å². The molecule has 4 heteroatoms. The van der Waals surface area contributed by atoms with E-state index >= 15 is 0 Å². The molecular formula is C17H36N4. The maximum absolute atomic E-state index is 3.58. The van der Waals surface area contributed by atoms with Crippen LogP contribution in [0.2, 0.25) is 0 Å². The summed E-state index contributed by atoms with van der Waals surface area (Å²) >= 11 is 0. The number of piperidine rings is 2. The zero-order valence-electron chi connectivity index (χ0n) is 13.9.